The highest BCUT2D eigenvalue weighted by atomic mass is 16.7. The highest BCUT2D eigenvalue weighted by Gasteiger charge is 2.65. The second-order valence-electron chi connectivity index (χ2n) is 17.6. The van der Waals surface area contributed by atoms with Crippen LogP contribution in [0.2, 0.25) is 0 Å². The molecule has 1 amide bonds. The molecule has 0 radical (unpaired) electrons. The van der Waals surface area contributed by atoms with Crippen molar-refractivity contribution in [1.29, 1.82) is 0 Å². The van der Waals surface area contributed by atoms with Gasteiger partial charge in [-0.05, 0) is 125 Å². The second-order valence-corrected chi connectivity index (χ2v) is 17.6. The Labute approximate surface area is 362 Å². The van der Waals surface area contributed by atoms with Gasteiger partial charge in [-0.25, -0.2) is 4.79 Å². The molecule has 11 heteroatoms. The van der Waals surface area contributed by atoms with Gasteiger partial charge in [0, 0.05) is 38.2 Å². The van der Waals surface area contributed by atoms with Crippen LogP contribution in [0.4, 0.5) is 4.79 Å². The van der Waals surface area contributed by atoms with Gasteiger partial charge >= 0.3 is 6.09 Å². The summed E-state index contributed by atoms with van der Waals surface area (Å²) in [5, 5.41) is 24.7. The van der Waals surface area contributed by atoms with Gasteiger partial charge in [-0.1, -0.05) is 66.5 Å². The van der Waals surface area contributed by atoms with Crippen LogP contribution in [0, 0.1) is 31.6 Å². The van der Waals surface area contributed by atoms with Gasteiger partial charge in [0.2, 0.25) is 5.79 Å². The zero-order chi connectivity index (χ0) is 43.6. The van der Waals surface area contributed by atoms with Gasteiger partial charge in [0.05, 0.1) is 31.5 Å². The first-order valence-corrected chi connectivity index (χ1v) is 21.9. The Morgan fingerprint density at radius 1 is 0.951 bits per heavy atom. The van der Waals surface area contributed by atoms with Gasteiger partial charge in [-0.3, -0.25) is 0 Å². The SMILES string of the molecule is C=CCO[C@@]12Oc3ccc(Oc4ccc(C)c(C)c4)cc3[C@H]3[C@H](CCCCO)[C@@H](CCCCO)C=C(C(=NOC(C)(C)C)C[C@@H]1N(C)C(=O)OCCOCc1ccccc1)[C@H]32. The number of nitrogens with zero attached hydrogens (tertiary/aromatic N) is 2. The number of likely N-dealkylation sites (N-methyl/N-ethyl adjacent to an activating group) is 1. The van der Waals surface area contributed by atoms with E-state index >= 15 is 0 Å². The summed E-state index contributed by atoms with van der Waals surface area (Å²) in [5.41, 5.74) is 5.44. The summed E-state index contributed by atoms with van der Waals surface area (Å²) in [4.78, 5) is 21.9. The molecular weight excluding hydrogens is 773 g/mol. The molecular formula is C50H66N2O9. The van der Waals surface area contributed by atoms with Crippen LogP contribution in [0.1, 0.15) is 93.9 Å². The van der Waals surface area contributed by atoms with Crippen LogP contribution in [0.15, 0.2) is 96.2 Å². The summed E-state index contributed by atoms with van der Waals surface area (Å²) >= 11 is 0. The van der Waals surface area contributed by atoms with E-state index < -0.39 is 29.4 Å². The summed E-state index contributed by atoms with van der Waals surface area (Å²) in [6, 6.07) is 21.2. The zero-order valence-corrected chi connectivity index (χ0v) is 36.9. The van der Waals surface area contributed by atoms with Crippen molar-refractivity contribution >= 4 is 11.8 Å². The fraction of sp³-hybridized carbons (Fsp3) is 0.520. The number of hydrogen-bond donors (Lipinski definition) is 2. The van der Waals surface area contributed by atoms with Gasteiger partial charge in [0.1, 0.15) is 35.5 Å². The van der Waals surface area contributed by atoms with Crippen LogP contribution in [-0.4, -0.2) is 84.4 Å². The van der Waals surface area contributed by atoms with Crippen molar-refractivity contribution in [3.8, 4) is 17.2 Å². The van der Waals surface area contributed by atoms with E-state index in [9.17, 15) is 15.0 Å². The number of carbonyl (C=O) groups excluding carboxylic acids is 1. The molecule has 11 nitrogen and oxygen atoms in total. The molecule has 1 fully saturated rings. The molecule has 6 rings (SSSR count). The quantitative estimate of drug-likeness (QED) is 0.0649. The third-order valence-electron chi connectivity index (χ3n) is 12.1. The Morgan fingerprint density at radius 3 is 2.38 bits per heavy atom. The lowest BCUT2D eigenvalue weighted by Crippen LogP contribution is -2.69. The number of allylic oxidation sites excluding steroid dienone is 1. The molecule has 2 aliphatic carbocycles. The van der Waals surface area contributed by atoms with Crippen molar-refractivity contribution in [1.82, 2.24) is 4.90 Å². The Bertz CT molecular complexity index is 1990. The van der Waals surface area contributed by atoms with Crippen LogP contribution in [0.5, 0.6) is 17.2 Å². The molecule has 1 aliphatic heterocycles. The summed E-state index contributed by atoms with van der Waals surface area (Å²) in [7, 11) is 1.72. The van der Waals surface area contributed by atoms with Crippen LogP contribution in [0.3, 0.4) is 0 Å². The lowest BCUT2D eigenvalue weighted by atomic mass is 9.55. The highest BCUT2D eigenvalue weighted by molar-refractivity contribution is 6.03. The molecule has 1 saturated carbocycles. The van der Waals surface area contributed by atoms with Crippen molar-refractivity contribution in [2.45, 2.75) is 110 Å². The van der Waals surface area contributed by atoms with Crippen LogP contribution >= 0.6 is 0 Å². The van der Waals surface area contributed by atoms with Crippen molar-refractivity contribution in [2.24, 2.45) is 22.9 Å². The number of aryl methyl sites for hydroxylation is 2. The maximum atomic E-state index is 14.2. The Balaban J connectivity index is 1.46. The first-order valence-electron chi connectivity index (χ1n) is 21.9. The van der Waals surface area contributed by atoms with Crippen molar-refractivity contribution in [2.75, 3.05) is 40.1 Å². The Kier molecular flexibility index (Phi) is 15.7. The molecule has 0 bridgehead atoms. The molecule has 0 unspecified atom stereocenters. The minimum atomic E-state index is -1.39. The molecule has 0 aromatic heterocycles. The average Bonchev–Trinajstić information content (AvgIpc) is 3.24. The maximum absolute atomic E-state index is 14.2. The topological polar surface area (TPSA) is 129 Å². The lowest BCUT2D eigenvalue weighted by molar-refractivity contribution is -0.253. The smallest absolute Gasteiger partial charge is 0.410 e. The first kappa shape index (κ1) is 45.8. The van der Waals surface area contributed by atoms with E-state index in [2.05, 4.69) is 38.6 Å². The van der Waals surface area contributed by atoms with Crippen molar-refractivity contribution in [3.63, 3.8) is 0 Å². The average molecular weight is 839 g/mol. The number of unbranched alkanes of at least 4 members (excludes halogenated alkanes) is 2. The summed E-state index contributed by atoms with van der Waals surface area (Å²) < 4.78 is 32.5. The number of benzene rings is 3. The number of rotatable bonds is 20. The molecule has 0 spiro atoms. The van der Waals surface area contributed by atoms with E-state index in [1.165, 1.54) is 5.56 Å². The highest BCUT2D eigenvalue weighted by Crippen LogP contribution is 2.62. The molecule has 3 aromatic carbocycles. The van der Waals surface area contributed by atoms with Gasteiger partial charge in [0.15, 0.2) is 0 Å². The van der Waals surface area contributed by atoms with Crippen LogP contribution in [-0.2, 0) is 25.7 Å². The summed E-state index contributed by atoms with van der Waals surface area (Å²) in [5.74, 6) is 0.219. The van der Waals surface area contributed by atoms with Gasteiger partial charge < -0.3 is 43.6 Å². The second kappa shape index (κ2) is 20.9. The Morgan fingerprint density at radius 2 is 1.67 bits per heavy atom. The molecule has 61 heavy (non-hydrogen) atoms. The number of fused-ring (bicyclic) bond motifs is 2. The van der Waals surface area contributed by atoms with Crippen molar-refractivity contribution < 1.29 is 43.5 Å². The standard InChI is InChI=1S/C50H66N2O9/c1-8-26-58-50-45(52(7)48(55)57-28-27-56-33-36-16-10-9-11-17-36)32-43(51-61-49(4,5)6)41-30-37(18-12-14-24-53)40(19-13-15-25-54)46(47(41)50)42-31-39(22-23-44(42)60-50)59-38-21-20-34(2)35(3)29-38/h8-11,16-17,20-23,29-31,37,40,45-47,53-54H,1,12-15,18-19,24-28,32-33H2,2-7H3/t37-,40+,45-,46+,47+,50+/m0/s1. The molecule has 2 N–H and O–H groups in total. The minimum Gasteiger partial charge on any atom is -0.459 e. The van der Waals surface area contributed by atoms with E-state index in [1.54, 1.807) is 18.0 Å². The molecule has 0 saturated heterocycles. The third-order valence-corrected chi connectivity index (χ3v) is 12.1. The number of carbonyl (C=O) groups is 1. The lowest BCUT2D eigenvalue weighted by Gasteiger charge is -2.59. The number of hydrogen-bond acceptors (Lipinski definition) is 10. The zero-order valence-electron chi connectivity index (χ0n) is 36.9. The summed E-state index contributed by atoms with van der Waals surface area (Å²) in [6.07, 6.45) is 8.45. The largest absolute Gasteiger partial charge is 0.459 e. The minimum absolute atomic E-state index is 0.0595. The molecule has 3 aromatic rings. The molecule has 1 heterocycles. The first-order chi connectivity index (χ1) is 29.4. The number of amides is 1. The van der Waals surface area contributed by atoms with E-state index in [-0.39, 0.29) is 57.2 Å². The number of oxime groups is 1. The fourth-order valence-electron chi connectivity index (χ4n) is 9.08. The van der Waals surface area contributed by atoms with Crippen LogP contribution in [0.25, 0.3) is 0 Å². The van der Waals surface area contributed by atoms with Crippen molar-refractivity contribution in [3.05, 3.63) is 113 Å². The molecule has 6 atom stereocenters. The number of ether oxygens (including phenoxy) is 5. The fourth-order valence-corrected chi connectivity index (χ4v) is 9.08. The van der Waals surface area contributed by atoms with Gasteiger partial charge in [-0.15, -0.1) is 6.58 Å². The van der Waals surface area contributed by atoms with Gasteiger partial charge in [-0.2, -0.15) is 0 Å². The maximum Gasteiger partial charge on any atom is 0.410 e. The van der Waals surface area contributed by atoms with E-state index in [0.717, 1.165) is 53.7 Å². The summed E-state index contributed by atoms with van der Waals surface area (Å²) in [6.45, 7) is 15.1. The van der Waals surface area contributed by atoms with E-state index in [0.29, 0.717) is 36.7 Å². The third kappa shape index (κ3) is 11.0. The van der Waals surface area contributed by atoms with E-state index in [4.69, 9.17) is 33.7 Å². The number of aliphatic hydroxyl groups is 2. The van der Waals surface area contributed by atoms with Gasteiger partial charge in [0.25, 0.3) is 0 Å². The molecule has 3 aliphatic rings. The predicted octanol–water partition coefficient (Wildman–Crippen LogP) is 9.81. The predicted molar refractivity (Wildman–Crippen MR) is 237 cm³/mol. The molecule has 330 valence electrons. The monoisotopic (exact) mass is 838 g/mol. The Hall–Kier alpha value is -4.68. The van der Waals surface area contributed by atoms with Crippen LogP contribution < -0.4 is 9.47 Å². The number of aliphatic hydroxyl groups excluding tert-OH is 2. The van der Waals surface area contributed by atoms with E-state index in [1.807, 2.05) is 75.4 Å². The normalized spacial score (nSPS) is 23.6.